The average molecular weight is 609 g/mol. The smallest absolute Gasteiger partial charge is 0.257 e. The molecule has 0 aromatic heterocycles. The van der Waals surface area contributed by atoms with Gasteiger partial charge in [0.15, 0.2) is 11.5 Å². The minimum Gasteiger partial charge on any atom is -0.493 e. The summed E-state index contributed by atoms with van der Waals surface area (Å²) >= 11 is 6.36. The monoisotopic (exact) mass is 608 g/mol. The molecule has 3 heterocycles. The van der Waals surface area contributed by atoms with Gasteiger partial charge in [-0.05, 0) is 47.1 Å². The number of anilines is 2. The molecule has 7 rings (SSSR count). The molecule has 44 heavy (non-hydrogen) atoms. The van der Waals surface area contributed by atoms with Gasteiger partial charge in [-0.1, -0.05) is 48.5 Å². The summed E-state index contributed by atoms with van der Waals surface area (Å²) in [6.07, 6.45) is 3.37. The maximum atomic E-state index is 13.6. The minimum absolute atomic E-state index is 0.00103. The highest BCUT2D eigenvalue weighted by Gasteiger charge is 2.35. The number of alkyl halides is 1. The molecule has 0 saturated carbocycles. The largest absolute Gasteiger partial charge is 0.493 e. The van der Waals surface area contributed by atoms with Gasteiger partial charge in [0.25, 0.3) is 5.91 Å². The SMILES string of the molecule is COc1cc2c(cc1OCCCC(=O)N1C[C@@H](CCl)c3c1cc(N)c1ccccc31)N=C[C@@H]1Cc3ccccc3CN1C2=O. The lowest BCUT2D eigenvalue weighted by Gasteiger charge is -2.34. The molecule has 0 saturated heterocycles. The number of methoxy groups -OCH3 is 1. The first kappa shape index (κ1) is 28.2. The van der Waals surface area contributed by atoms with Crippen molar-refractivity contribution >= 4 is 57.5 Å². The highest BCUT2D eigenvalue weighted by Crippen LogP contribution is 2.44. The van der Waals surface area contributed by atoms with E-state index in [1.165, 1.54) is 5.56 Å². The molecular formula is C35H33ClN4O4. The van der Waals surface area contributed by atoms with Crippen molar-refractivity contribution in [2.45, 2.75) is 37.8 Å². The first-order valence-electron chi connectivity index (χ1n) is 14.9. The molecule has 0 aliphatic carbocycles. The zero-order chi connectivity index (χ0) is 30.4. The third kappa shape index (κ3) is 4.83. The standard InChI is InChI=1S/C35H33ClN4O4/c1-43-31-14-27-29(38-18-24-13-21-7-2-3-8-22(21)19-39(24)35(27)42)16-32(31)44-12-6-11-33(41)40-20-23(17-36)34-26-10-5-4-9-25(26)28(37)15-30(34)40/h2-5,7-10,14-16,18,23-24H,6,11-13,17,19-20,37H2,1H3/t23-,24+/m1/s1. The summed E-state index contributed by atoms with van der Waals surface area (Å²) in [6, 6.07) is 21.4. The molecule has 2 atom stereocenters. The van der Waals surface area contributed by atoms with Gasteiger partial charge in [0.1, 0.15) is 0 Å². The Hall–Kier alpha value is -4.56. The molecule has 4 aromatic rings. The van der Waals surface area contributed by atoms with Crippen LogP contribution in [0.5, 0.6) is 11.5 Å². The van der Waals surface area contributed by atoms with Crippen molar-refractivity contribution in [3.63, 3.8) is 0 Å². The summed E-state index contributed by atoms with van der Waals surface area (Å²) < 4.78 is 11.7. The van der Waals surface area contributed by atoms with E-state index in [1.54, 1.807) is 19.2 Å². The summed E-state index contributed by atoms with van der Waals surface area (Å²) in [5.41, 5.74) is 12.4. The van der Waals surface area contributed by atoms with Crippen LogP contribution < -0.4 is 20.1 Å². The number of amides is 2. The molecule has 4 aromatic carbocycles. The second-order valence-corrected chi connectivity index (χ2v) is 11.8. The maximum Gasteiger partial charge on any atom is 0.257 e. The number of hydrogen-bond acceptors (Lipinski definition) is 6. The number of nitrogens with two attached hydrogens (primary N) is 1. The fourth-order valence-electron chi connectivity index (χ4n) is 6.70. The van der Waals surface area contributed by atoms with E-state index in [4.69, 9.17) is 31.8 Å². The Morgan fingerprint density at radius 1 is 1.05 bits per heavy atom. The molecule has 224 valence electrons. The van der Waals surface area contributed by atoms with E-state index in [1.807, 2.05) is 58.5 Å². The molecule has 0 fully saturated rings. The Kier molecular flexibility index (Phi) is 7.38. The second kappa shape index (κ2) is 11.5. The number of aliphatic imine (C=N–C) groups is 1. The molecule has 3 aliphatic rings. The first-order valence-corrected chi connectivity index (χ1v) is 15.4. The van der Waals surface area contributed by atoms with Crippen LogP contribution in [-0.2, 0) is 17.8 Å². The number of hydrogen-bond donors (Lipinski definition) is 1. The lowest BCUT2D eigenvalue weighted by Crippen LogP contribution is -2.44. The molecule has 2 amide bonds. The maximum absolute atomic E-state index is 13.6. The van der Waals surface area contributed by atoms with E-state index in [9.17, 15) is 9.59 Å². The fraction of sp³-hybridized carbons (Fsp3) is 0.286. The Balaban J connectivity index is 1.05. The summed E-state index contributed by atoms with van der Waals surface area (Å²) in [4.78, 5) is 35.4. The van der Waals surface area contributed by atoms with Crippen molar-refractivity contribution in [1.29, 1.82) is 0 Å². The molecule has 9 heteroatoms. The van der Waals surface area contributed by atoms with E-state index in [2.05, 4.69) is 12.1 Å². The van der Waals surface area contributed by atoms with E-state index < -0.39 is 0 Å². The van der Waals surface area contributed by atoms with Gasteiger partial charge in [-0.2, -0.15) is 0 Å². The number of ether oxygens (including phenoxy) is 2. The van der Waals surface area contributed by atoms with Crippen molar-refractivity contribution in [3.05, 3.63) is 89.0 Å². The Labute approximate surface area is 261 Å². The summed E-state index contributed by atoms with van der Waals surface area (Å²) in [5.74, 6) is 1.32. The van der Waals surface area contributed by atoms with Gasteiger partial charge < -0.3 is 25.0 Å². The van der Waals surface area contributed by atoms with Crippen LogP contribution in [0.1, 0.15) is 45.8 Å². The van der Waals surface area contributed by atoms with Gasteiger partial charge in [-0.15, -0.1) is 11.6 Å². The van der Waals surface area contributed by atoms with Gasteiger partial charge in [0, 0.05) is 60.4 Å². The van der Waals surface area contributed by atoms with Gasteiger partial charge >= 0.3 is 0 Å². The van der Waals surface area contributed by atoms with Crippen molar-refractivity contribution in [2.75, 3.05) is 36.8 Å². The molecule has 3 aliphatic heterocycles. The zero-order valence-corrected chi connectivity index (χ0v) is 25.2. The van der Waals surface area contributed by atoms with Gasteiger partial charge in [-0.25, -0.2) is 0 Å². The van der Waals surface area contributed by atoms with E-state index >= 15 is 0 Å². The fourth-order valence-corrected chi connectivity index (χ4v) is 6.95. The van der Waals surface area contributed by atoms with Crippen molar-refractivity contribution < 1.29 is 19.1 Å². The summed E-state index contributed by atoms with van der Waals surface area (Å²) in [6.45, 7) is 1.36. The normalized spacial score (nSPS) is 18.4. The minimum atomic E-state index is -0.117. The third-order valence-electron chi connectivity index (χ3n) is 8.93. The molecule has 0 unspecified atom stereocenters. The summed E-state index contributed by atoms with van der Waals surface area (Å²) in [5, 5.41) is 2.02. The Morgan fingerprint density at radius 2 is 1.82 bits per heavy atom. The molecule has 8 nitrogen and oxygen atoms in total. The first-order chi connectivity index (χ1) is 21.5. The van der Waals surface area contributed by atoms with Crippen LogP contribution in [0.4, 0.5) is 17.1 Å². The number of carbonyl (C=O) groups excluding carboxylic acids is 2. The Bertz CT molecular complexity index is 1820. The highest BCUT2D eigenvalue weighted by molar-refractivity contribution is 6.19. The molecule has 0 bridgehead atoms. The van der Waals surface area contributed by atoms with Crippen LogP contribution in [0.3, 0.4) is 0 Å². The Morgan fingerprint density at radius 3 is 2.61 bits per heavy atom. The molecular weight excluding hydrogens is 576 g/mol. The van der Waals surface area contributed by atoms with Gasteiger partial charge in [0.05, 0.1) is 31.0 Å². The van der Waals surface area contributed by atoms with Crippen molar-refractivity contribution in [1.82, 2.24) is 4.90 Å². The van der Waals surface area contributed by atoms with Crippen LogP contribution in [-0.4, -0.2) is 55.1 Å². The quantitative estimate of drug-likeness (QED) is 0.152. The van der Waals surface area contributed by atoms with Crippen molar-refractivity contribution in [2.24, 2.45) is 4.99 Å². The predicted molar refractivity (Wildman–Crippen MR) is 174 cm³/mol. The number of halogens is 1. The molecule has 2 N–H and O–H groups in total. The third-order valence-corrected chi connectivity index (χ3v) is 9.30. The van der Waals surface area contributed by atoms with Gasteiger partial charge in [-0.3, -0.25) is 14.6 Å². The highest BCUT2D eigenvalue weighted by atomic mass is 35.5. The number of fused-ring (bicyclic) bond motifs is 6. The number of benzene rings is 4. The predicted octanol–water partition coefficient (Wildman–Crippen LogP) is 6.24. The lowest BCUT2D eigenvalue weighted by atomic mass is 9.94. The van der Waals surface area contributed by atoms with Crippen LogP contribution in [0.15, 0.2) is 71.7 Å². The number of nitrogens with zero attached hydrogens (tertiary/aromatic N) is 3. The van der Waals surface area contributed by atoms with E-state index in [0.29, 0.717) is 66.9 Å². The molecule has 0 spiro atoms. The number of nitrogen functional groups attached to an aromatic ring is 1. The topological polar surface area (TPSA) is 97.5 Å². The van der Waals surface area contributed by atoms with Crippen LogP contribution in [0.25, 0.3) is 10.8 Å². The van der Waals surface area contributed by atoms with Gasteiger partial charge in [0.2, 0.25) is 5.91 Å². The second-order valence-electron chi connectivity index (χ2n) is 11.5. The lowest BCUT2D eigenvalue weighted by molar-refractivity contribution is -0.118. The average Bonchev–Trinajstić information content (AvgIpc) is 3.37. The molecule has 0 radical (unpaired) electrons. The van der Waals surface area contributed by atoms with Crippen LogP contribution in [0, 0.1) is 0 Å². The number of carbonyl (C=O) groups is 2. The van der Waals surface area contributed by atoms with Crippen molar-refractivity contribution in [3.8, 4) is 11.5 Å². The zero-order valence-electron chi connectivity index (χ0n) is 24.5. The van der Waals surface area contributed by atoms with Crippen LogP contribution >= 0.6 is 11.6 Å². The van der Waals surface area contributed by atoms with E-state index in [-0.39, 0.29) is 23.8 Å². The summed E-state index contributed by atoms with van der Waals surface area (Å²) in [7, 11) is 1.55. The number of rotatable bonds is 7. The van der Waals surface area contributed by atoms with E-state index in [0.717, 1.165) is 34.0 Å². The van der Waals surface area contributed by atoms with Crippen LogP contribution in [0.2, 0.25) is 0 Å².